The molecular weight excluding hydrogens is 293 g/mol. The molecule has 0 fully saturated rings. The molecular formula is C15H25Cl2N3. The van der Waals surface area contributed by atoms with Crippen LogP contribution in [0.1, 0.15) is 33.6 Å². The van der Waals surface area contributed by atoms with E-state index in [1.54, 1.807) is 12.1 Å². The van der Waals surface area contributed by atoms with Gasteiger partial charge in [0.15, 0.2) is 0 Å². The van der Waals surface area contributed by atoms with E-state index < -0.39 is 0 Å². The van der Waals surface area contributed by atoms with Crippen LogP contribution in [0.2, 0.25) is 10.0 Å². The van der Waals surface area contributed by atoms with Crippen LogP contribution in [-0.4, -0.2) is 30.6 Å². The van der Waals surface area contributed by atoms with Crippen LogP contribution in [0.4, 0.5) is 11.4 Å². The minimum absolute atomic E-state index is 0.352. The molecule has 1 rings (SSSR count). The van der Waals surface area contributed by atoms with Gasteiger partial charge in [-0.05, 0) is 51.5 Å². The lowest BCUT2D eigenvalue weighted by molar-refractivity contribution is 0.295. The van der Waals surface area contributed by atoms with Crippen LogP contribution in [0.3, 0.4) is 0 Å². The van der Waals surface area contributed by atoms with Crippen LogP contribution in [0.25, 0.3) is 0 Å². The van der Waals surface area contributed by atoms with E-state index in [2.05, 4.69) is 31.0 Å². The molecule has 0 aliphatic heterocycles. The molecule has 0 saturated carbocycles. The normalized spacial score (nSPS) is 12.7. The van der Waals surface area contributed by atoms with E-state index in [0.717, 1.165) is 38.2 Å². The number of rotatable bonds is 8. The SMILES string of the molecule is CCN(CC)CCCC(C)Nc1cc(Cl)c(Cl)cc1N. The summed E-state index contributed by atoms with van der Waals surface area (Å²) in [6.45, 7) is 9.90. The molecule has 0 saturated heterocycles. The molecule has 0 aliphatic carbocycles. The van der Waals surface area contributed by atoms with Gasteiger partial charge in [0.05, 0.1) is 21.4 Å². The highest BCUT2D eigenvalue weighted by Crippen LogP contribution is 2.31. The highest BCUT2D eigenvalue weighted by molar-refractivity contribution is 6.42. The van der Waals surface area contributed by atoms with Crippen LogP contribution in [-0.2, 0) is 0 Å². The van der Waals surface area contributed by atoms with Crippen molar-refractivity contribution in [2.75, 3.05) is 30.7 Å². The van der Waals surface area contributed by atoms with E-state index in [9.17, 15) is 0 Å². The zero-order chi connectivity index (χ0) is 15.1. The number of hydrogen-bond acceptors (Lipinski definition) is 3. The van der Waals surface area contributed by atoms with Crippen molar-refractivity contribution in [1.82, 2.24) is 4.90 Å². The fourth-order valence-electron chi connectivity index (χ4n) is 2.19. The first-order valence-corrected chi connectivity index (χ1v) is 7.96. The molecule has 0 heterocycles. The monoisotopic (exact) mass is 317 g/mol. The zero-order valence-electron chi connectivity index (χ0n) is 12.5. The van der Waals surface area contributed by atoms with E-state index in [-0.39, 0.29) is 0 Å². The van der Waals surface area contributed by atoms with Gasteiger partial charge in [0.25, 0.3) is 0 Å². The number of halogens is 2. The third-order valence-corrected chi connectivity index (χ3v) is 4.22. The van der Waals surface area contributed by atoms with E-state index >= 15 is 0 Å². The molecule has 1 atom stereocenters. The van der Waals surface area contributed by atoms with E-state index in [0.29, 0.717) is 21.8 Å². The van der Waals surface area contributed by atoms with Crippen LogP contribution in [0.5, 0.6) is 0 Å². The molecule has 0 bridgehead atoms. The Balaban J connectivity index is 2.46. The number of anilines is 2. The third-order valence-electron chi connectivity index (χ3n) is 3.50. The summed E-state index contributed by atoms with van der Waals surface area (Å²) in [5.74, 6) is 0. The largest absolute Gasteiger partial charge is 0.397 e. The van der Waals surface area contributed by atoms with Crippen molar-refractivity contribution in [2.24, 2.45) is 0 Å². The quantitative estimate of drug-likeness (QED) is 0.694. The topological polar surface area (TPSA) is 41.3 Å². The molecule has 5 heteroatoms. The second-order valence-electron chi connectivity index (χ2n) is 5.07. The van der Waals surface area contributed by atoms with Gasteiger partial charge >= 0.3 is 0 Å². The maximum atomic E-state index is 6.02. The van der Waals surface area contributed by atoms with Gasteiger partial charge in [-0.25, -0.2) is 0 Å². The summed E-state index contributed by atoms with van der Waals surface area (Å²) < 4.78 is 0. The van der Waals surface area contributed by atoms with Crippen molar-refractivity contribution < 1.29 is 0 Å². The lowest BCUT2D eigenvalue weighted by Crippen LogP contribution is -2.25. The van der Waals surface area contributed by atoms with Gasteiger partial charge in [-0.15, -0.1) is 0 Å². The summed E-state index contributed by atoms with van der Waals surface area (Å²) in [5.41, 5.74) is 7.44. The molecule has 20 heavy (non-hydrogen) atoms. The van der Waals surface area contributed by atoms with Gasteiger partial charge in [0.2, 0.25) is 0 Å². The molecule has 1 unspecified atom stereocenters. The van der Waals surface area contributed by atoms with Gasteiger partial charge < -0.3 is 16.0 Å². The number of hydrogen-bond donors (Lipinski definition) is 2. The summed E-state index contributed by atoms with van der Waals surface area (Å²) >= 11 is 11.9. The number of nitrogens with zero attached hydrogens (tertiary/aromatic N) is 1. The molecule has 3 N–H and O–H groups in total. The van der Waals surface area contributed by atoms with Crippen molar-refractivity contribution in [3.8, 4) is 0 Å². The standard InChI is InChI=1S/C15H25Cl2N3/c1-4-20(5-2)8-6-7-11(3)19-15-10-13(17)12(16)9-14(15)18/h9-11,19H,4-8,18H2,1-3H3. The molecule has 0 spiro atoms. The number of nitrogens with two attached hydrogens (primary N) is 1. The summed E-state index contributed by atoms with van der Waals surface area (Å²) in [6.07, 6.45) is 2.26. The highest BCUT2D eigenvalue weighted by atomic mass is 35.5. The molecule has 3 nitrogen and oxygen atoms in total. The minimum atomic E-state index is 0.352. The lowest BCUT2D eigenvalue weighted by Gasteiger charge is -2.21. The van der Waals surface area contributed by atoms with Crippen molar-refractivity contribution in [1.29, 1.82) is 0 Å². The minimum Gasteiger partial charge on any atom is -0.397 e. The smallest absolute Gasteiger partial charge is 0.0614 e. The molecule has 1 aromatic carbocycles. The van der Waals surface area contributed by atoms with Crippen molar-refractivity contribution >= 4 is 34.6 Å². The van der Waals surface area contributed by atoms with Crippen LogP contribution in [0, 0.1) is 0 Å². The van der Waals surface area contributed by atoms with Crippen LogP contribution < -0.4 is 11.1 Å². The fraction of sp³-hybridized carbons (Fsp3) is 0.600. The maximum Gasteiger partial charge on any atom is 0.0614 e. The zero-order valence-corrected chi connectivity index (χ0v) is 14.1. The summed E-state index contributed by atoms with van der Waals surface area (Å²) in [4.78, 5) is 2.43. The predicted molar refractivity (Wildman–Crippen MR) is 91.0 cm³/mol. The average Bonchev–Trinajstić information content (AvgIpc) is 2.41. The van der Waals surface area contributed by atoms with Gasteiger partial charge in [-0.1, -0.05) is 37.0 Å². The number of benzene rings is 1. The summed E-state index contributed by atoms with van der Waals surface area (Å²) in [6, 6.07) is 3.83. The summed E-state index contributed by atoms with van der Waals surface area (Å²) in [5, 5.41) is 4.42. The fourth-order valence-corrected chi connectivity index (χ4v) is 2.52. The molecule has 0 radical (unpaired) electrons. The first-order chi connectivity index (χ1) is 9.47. The number of nitrogens with one attached hydrogen (secondary N) is 1. The first kappa shape index (κ1) is 17.4. The third kappa shape index (κ3) is 5.39. The summed E-state index contributed by atoms with van der Waals surface area (Å²) in [7, 11) is 0. The van der Waals surface area contributed by atoms with E-state index in [1.165, 1.54) is 0 Å². The molecule has 0 amide bonds. The van der Waals surface area contributed by atoms with Crippen LogP contribution in [0.15, 0.2) is 12.1 Å². The predicted octanol–water partition coefficient (Wildman–Crippen LogP) is 4.50. The molecule has 114 valence electrons. The highest BCUT2D eigenvalue weighted by Gasteiger charge is 2.09. The Labute approximate surface area is 132 Å². The van der Waals surface area contributed by atoms with E-state index in [4.69, 9.17) is 28.9 Å². The Kier molecular flexibility index (Phi) is 7.49. The van der Waals surface area contributed by atoms with Crippen molar-refractivity contribution in [3.05, 3.63) is 22.2 Å². The molecule has 1 aromatic rings. The second-order valence-corrected chi connectivity index (χ2v) is 5.88. The van der Waals surface area contributed by atoms with E-state index in [1.807, 2.05) is 0 Å². The van der Waals surface area contributed by atoms with Gasteiger partial charge in [0.1, 0.15) is 0 Å². The lowest BCUT2D eigenvalue weighted by atomic mass is 10.1. The van der Waals surface area contributed by atoms with Crippen LogP contribution >= 0.6 is 23.2 Å². The van der Waals surface area contributed by atoms with Gasteiger partial charge in [-0.2, -0.15) is 0 Å². The Bertz CT molecular complexity index is 420. The Morgan fingerprint density at radius 2 is 1.80 bits per heavy atom. The van der Waals surface area contributed by atoms with Crippen molar-refractivity contribution in [2.45, 2.75) is 39.7 Å². The Morgan fingerprint density at radius 3 is 2.40 bits per heavy atom. The Morgan fingerprint density at radius 1 is 1.20 bits per heavy atom. The number of nitrogen functional groups attached to an aromatic ring is 1. The van der Waals surface area contributed by atoms with Gasteiger partial charge in [0, 0.05) is 6.04 Å². The van der Waals surface area contributed by atoms with Crippen molar-refractivity contribution in [3.63, 3.8) is 0 Å². The average molecular weight is 318 g/mol. The molecule has 0 aromatic heterocycles. The molecule has 0 aliphatic rings. The second kappa shape index (κ2) is 8.60. The first-order valence-electron chi connectivity index (χ1n) is 7.21. The van der Waals surface area contributed by atoms with Gasteiger partial charge in [-0.3, -0.25) is 0 Å². The Hall–Kier alpha value is -0.640. The maximum absolute atomic E-state index is 6.02.